The Morgan fingerprint density at radius 2 is 1.81 bits per heavy atom. The van der Waals surface area contributed by atoms with Gasteiger partial charge in [0, 0.05) is 16.9 Å². The first-order valence-electron chi connectivity index (χ1n) is 9.41. The average molecular weight is 486 g/mol. The van der Waals surface area contributed by atoms with Crippen LogP contribution in [0, 0.1) is 0 Å². The van der Waals surface area contributed by atoms with E-state index < -0.39 is 10.0 Å². The van der Waals surface area contributed by atoms with Gasteiger partial charge in [-0.05, 0) is 66.9 Å². The number of carbonyl (C=O) groups is 1. The van der Waals surface area contributed by atoms with Gasteiger partial charge in [-0.1, -0.05) is 17.8 Å². The molecule has 0 unspecified atom stereocenters. The van der Waals surface area contributed by atoms with Gasteiger partial charge in [-0.3, -0.25) is 9.52 Å². The maximum absolute atomic E-state index is 12.8. The van der Waals surface area contributed by atoms with Crippen LogP contribution in [0.2, 0.25) is 0 Å². The third kappa shape index (κ3) is 4.87. The lowest BCUT2D eigenvalue weighted by Gasteiger charge is -2.10. The lowest BCUT2D eigenvalue weighted by molar-refractivity contribution is 0.102. The number of benzene rings is 3. The maximum atomic E-state index is 12.8. The largest absolute Gasteiger partial charge is 0.497 e. The molecule has 0 bridgehead atoms. The molecule has 2 N–H and O–H groups in total. The fourth-order valence-corrected chi connectivity index (χ4v) is 5.54. The van der Waals surface area contributed by atoms with Crippen LogP contribution in [0.15, 0.2) is 76.0 Å². The molecule has 1 aromatic heterocycles. The van der Waals surface area contributed by atoms with Crippen molar-refractivity contribution in [1.82, 2.24) is 4.98 Å². The second-order valence-corrected chi connectivity index (χ2v) is 10.4. The van der Waals surface area contributed by atoms with Crippen molar-refractivity contribution in [3.05, 3.63) is 72.3 Å². The number of hydrogen-bond donors (Lipinski definition) is 2. The first-order chi connectivity index (χ1) is 15.4. The van der Waals surface area contributed by atoms with Gasteiger partial charge in [0.15, 0.2) is 4.34 Å². The van der Waals surface area contributed by atoms with Crippen LogP contribution in [0.1, 0.15) is 10.4 Å². The van der Waals surface area contributed by atoms with E-state index in [0.29, 0.717) is 17.0 Å². The second kappa shape index (κ2) is 9.19. The number of fused-ring (bicyclic) bond motifs is 1. The predicted molar refractivity (Wildman–Crippen MR) is 130 cm³/mol. The summed E-state index contributed by atoms with van der Waals surface area (Å²) in [4.78, 5) is 17.3. The molecule has 0 saturated heterocycles. The molecule has 0 saturated carbocycles. The monoisotopic (exact) mass is 485 g/mol. The Morgan fingerprint density at radius 3 is 2.53 bits per heavy atom. The van der Waals surface area contributed by atoms with E-state index in [4.69, 9.17) is 4.74 Å². The standard InChI is InChI=1S/C22H19N3O4S3/c1-29-17-7-9-18(10-8-17)32(27,28)25-16-5-3-4-14(12-16)21(26)23-15-6-11-19-20(13-15)31-22(24-19)30-2/h3-13,25H,1-2H3,(H,23,26). The molecule has 32 heavy (non-hydrogen) atoms. The molecule has 0 aliphatic heterocycles. The van der Waals surface area contributed by atoms with Crippen LogP contribution in [0.3, 0.4) is 0 Å². The summed E-state index contributed by atoms with van der Waals surface area (Å²) in [6.45, 7) is 0. The summed E-state index contributed by atoms with van der Waals surface area (Å²) in [5.41, 5.74) is 2.14. The highest BCUT2D eigenvalue weighted by Gasteiger charge is 2.16. The van der Waals surface area contributed by atoms with Gasteiger partial charge < -0.3 is 10.1 Å². The summed E-state index contributed by atoms with van der Waals surface area (Å²) in [5.74, 6) is 0.216. The van der Waals surface area contributed by atoms with Crippen LogP contribution in [0.5, 0.6) is 5.75 Å². The van der Waals surface area contributed by atoms with E-state index in [9.17, 15) is 13.2 Å². The second-order valence-electron chi connectivity index (χ2n) is 6.68. The van der Waals surface area contributed by atoms with Crippen LogP contribution in [-0.2, 0) is 10.0 Å². The molecular formula is C22H19N3O4S3. The van der Waals surface area contributed by atoms with Crippen LogP contribution >= 0.6 is 23.1 Å². The summed E-state index contributed by atoms with van der Waals surface area (Å²) in [6.07, 6.45) is 1.97. The third-order valence-electron chi connectivity index (χ3n) is 4.55. The topological polar surface area (TPSA) is 97.4 Å². The Hall–Kier alpha value is -3.08. The number of thiazole rings is 1. The first-order valence-corrected chi connectivity index (χ1v) is 12.9. The molecule has 10 heteroatoms. The van der Waals surface area contributed by atoms with Crippen LogP contribution < -0.4 is 14.8 Å². The molecule has 3 aromatic carbocycles. The Labute approximate surface area is 193 Å². The van der Waals surface area contributed by atoms with Gasteiger partial charge in [0.05, 0.1) is 22.2 Å². The fraction of sp³-hybridized carbons (Fsp3) is 0.0909. The minimum atomic E-state index is -3.81. The van der Waals surface area contributed by atoms with Gasteiger partial charge in [0.25, 0.3) is 15.9 Å². The number of amides is 1. The molecule has 7 nitrogen and oxygen atoms in total. The van der Waals surface area contributed by atoms with Crippen molar-refractivity contribution in [3.8, 4) is 5.75 Å². The quantitative estimate of drug-likeness (QED) is 0.354. The summed E-state index contributed by atoms with van der Waals surface area (Å²) in [6, 6.07) is 17.9. The van der Waals surface area contributed by atoms with Crippen molar-refractivity contribution in [2.24, 2.45) is 0 Å². The number of sulfonamides is 1. The molecule has 0 aliphatic carbocycles. The van der Waals surface area contributed by atoms with Gasteiger partial charge in [-0.25, -0.2) is 13.4 Å². The van der Waals surface area contributed by atoms with Crippen molar-refractivity contribution in [2.45, 2.75) is 9.24 Å². The van der Waals surface area contributed by atoms with Gasteiger partial charge >= 0.3 is 0 Å². The average Bonchev–Trinajstić information content (AvgIpc) is 3.21. The number of thioether (sulfide) groups is 1. The number of aromatic nitrogens is 1. The fourth-order valence-electron chi connectivity index (χ4n) is 2.96. The molecule has 1 heterocycles. The van der Waals surface area contributed by atoms with Crippen LogP contribution in [0.4, 0.5) is 11.4 Å². The molecule has 0 fully saturated rings. The van der Waals surface area contributed by atoms with E-state index in [1.807, 2.05) is 18.4 Å². The van der Waals surface area contributed by atoms with Crippen molar-refractivity contribution < 1.29 is 17.9 Å². The van der Waals surface area contributed by atoms with Gasteiger partial charge in [-0.15, -0.1) is 11.3 Å². The zero-order valence-electron chi connectivity index (χ0n) is 17.2. The predicted octanol–water partition coefficient (Wildman–Crippen LogP) is 5.08. The number of nitrogens with one attached hydrogen (secondary N) is 2. The van der Waals surface area contributed by atoms with Crippen molar-refractivity contribution in [3.63, 3.8) is 0 Å². The number of nitrogens with zero attached hydrogens (tertiary/aromatic N) is 1. The van der Waals surface area contributed by atoms with E-state index in [2.05, 4.69) is 15.0 Å². The normalized spacial score (nSPS) is 11.3. The summed E-state index contributed by atoms with van der Waals surface area (Å²) < 4.78 is 34.8. The Bertz CT molecular complexity index is 1380. The number of rotatable bonds is 7. The minimum absolute atomic E-state index is 0.0932. The first kappa shape index (κ1) is 22.1. The molecule has 0 aliphatic rings. The Balaban J connectivity index is 1.51. The summed E-state index contributed by atoms with van der Waals surface area (Å²) >= 11 is 3.13. The highest BCUT2D eigenvalue weighted by atomic mass is 32.2. The lowest BCUT2D eigenvalue weighted by atomic mass is 10.2. The van der Waals surface area contributed by atoms with Crippen LogP contribution in [0.25, 0.3) is 10.2 Å². The zero-order valence-corrected chi connectivity index (χ0v) is 19.6. The van der Waals surface area contributed by atoms with Gasteiger partial charge in [-0.2, -0.15) is 0 Å². The number of methoxy groups -OCH3 is 1. The van der Waals surface area contributed by atoms with E-state index >= 15 is 0 Å². The molecular weight excluding hydrogens is 466 g/mol. The molecule has 0 spiro atoms. The number of carbonyl (C=O) groups excluding carboxylic acids is 1. The van der Waals surface area contributed by atoms with E-state index in [1.165, 1.54) is 25.3 Å². The molecule has 0 atom stereocenters. The zero-order chi connectivity index (χ0) is 22.7. The minimum Gasteiger partial charge on any atom is -0.497 e. The highest BCUT2D eigenvalue weighted by Crippen LogP contribution is 2.30. The van der Waals surface area contributed by atoms with E-state index in [1.54, 1.807) is 59.5 Å². The number of anilines is 2. The van der Waals surface area contributed by atoms with Gasteiger partial charge in [0.1, 0.15) is 5.75 Å². The molecule has 4 rings (SSSR count). The number of hydrogen-bond acceptors (Lipinski definition) is 7. The van der Waals surface area contributed by atoms with E-state index in [0.717, 1.165) is 14.6 Å². The third-order valence-corrected chi connectivity index (χ3v) is 7.95. The number of ether oxygens (including phenoxy) is 1. The Morgan fingerprint density at radius 1 is 1.03 bits per heavy atom. The molecule has 1 amide bonds. The summed E-state index contributed by atoms with van der Waals surface area (Å²) in [5, 5.41) is 2.85. The van der Waals surface area contributed by atoms with Crippen molar-refractivity contribution in [2.75, 3.05) is 23.4 Å². The Kier molecular flexibility index (Phi) is 6.35. The maximum Gasteiger partial charge on any atom is 0.261 e. The molecule has 0 radical (unpaired) electrons. The summed E-state index contributed by atoms with van der Waals surface area (Å²) in [7, 11) is -2.30. The smallest absolute Gasteiger partial charge is 0.261 e. The van der Waals surface area contributed by atoms with E-state index in [-0.39, 0.29) is 16.5 Å². The molecule has 164 valence electrons. The van der Waals surface area contributed by atoms with Gasteiger partial charge in [0.2, 0.25) is 0 Å². The van der Waals surface area contributed by atoms with Crippen LogP contribution in [-0.4, -0.2) is 32.7 Å². The molecule has 4 aromatic rings. The van der Waals surface area contributed by atoms with Crippen molar-refractivity contribution >= 4 is 60.6 Å². The SMILES string of the molecule is COc1ccc(S(=O)(=O)Nc2cccc(C(=O)Nc3ccc4nc(SC)sc4c3)c2)cc1. The highest BCUT2D eigenvalue weighted by molar-refractivity contribution is 8.00. The lowest BCUT2D eigenvalue weighted by Crippen LogP contribution is -2.15. The van der Waals surface area contributed by atoms with Crippen molar-refractivity contribution in [1.29, 1.82) is 0 Å².